The fourth-order valence-electron chi connectivity index (χ4n) is 0.902. The van der Waals surface area contributed by atoms with Gasteiger partial charge in [0, 0.05) is 18.4 Å². The van der Waals surface area contributed by atoms with Crippen molar-refractivity contribution in [2.24, 2.45) is 0 Å². The summed E-state index contributed by atoms with van der Waals surface area (Å²) in [5, 5.41) is 0. The zero-order valence-corrected chi connectivity index (χ0v) is 8.88. The van der Waals surface area contributed by atoms with Crippen molar-refractivity contribution in [3.05, 3.63) is 28.9 Å². The van der Waals surface area contributed by atoms with Gasteiger partial charge in [0.05, 0.1) is 6.33 Å². The smallest absolute Gasteiger partial charge is 0.252 e. The summed E-state index contributed by atoms with van der Waals surface area (Å²) in [5.41, 5.74) is -0.0359. The Labute approximate surface area is 76.7 Å². The van der Waals surface area contributed by atoms with Gasteiger partial charge in [0.15, 0.2) is 7.38 Å². The molecule has 1 aromatic heterocycles. The second kappa shape index (κ2) is 3.41. The van der Waals surface area contributed by atoms with E-state index in [9.17, 15) is 4.79 Å². The molecule has 3 nitrogen and oxygen atoms in total. The number of hydrogen-bond acceptors (Lipinski definition) is 2. The number of aromatic nitrogens is 2. The highest BCUT2D eigenvalue weighted by Crippen LogP contribution is 2.08. The Kier molecular flexibility index (Phi) is 2.69. The molecule has 0 fully saturated rings. The first kappa shape index (κ1) is 9.47. The largest absolute Gasteiger partial charge is 0.301 e. The molecule has 0 aliphatic heterocycles. The Morgan fingerprint density at radius 2 is 2.33 bits per heavy atom. The molecule has 66 valence electrons. The summed E-state index contributed by atoms with van der Waals surface area (Å²) in [7, 11) is -1.73. The van der Waals surface area contributed by atoms with Gasteiger partial charge in [-0.15, -0.1) is 0 Å². The molecule has 0 bridgehead atoms. The van der Waals surface area contributed by atoms with E-state index in [1.165, 1.54) is 18.6 Å². The number of rotatable bonds is 2. The van der Waals surface area contributed by atoms with Gasteiger partial charge in [-0.25, -0.2) is 4.98 Å². The van der Waals surface area contributed by atoms with Crippen LogP contribution in [0.4, 0.5) is 0 Å². The topological polar surface area (TPSA) is 34.9 Å². The molecular weight excluding hydrogens is 192 g/mol. The summed E-state index contributed by atoms with van der Waals surface area (Å²) in [6.45, 7) is 3.99. The van der Waals surface area contributed by atoms with Crippen molar-refractivity contribution >= 4 is 18.5 Å². The maximum atomic E-state index is 11.2. The lowest BCUT2D eigenvalue weighted by Crippen LogP contribution is -2.32. The SMILES string of the molecule is C[Si](C)(Cl)Cn1cnccc1=O. The normalized spacial score (nSPS) is 11.6. The lowest BCUT2D eigenvalue weighted by Gasteiger charge is -2.13. The Morgan fingerprint density at radius 1 is 1.67 bits per heavy atom. The van der Waals surface area contributed by atoms with Crippen LogP contribution in [-0.2, 0) is 6.17 Å². The van der Waals surface area contributed by atoms with Crippen molar-refractivity contribution in [3.8, 4) is 0 Å². The van der Waals surface area contributed by atoms with Gasteiger partial charge in [-0.2, -0.15) is 11.1 Å². The molecule has 0 aromatic carbocycles. The fraction of sp³-hybridized carbons (Fsp3) is 0.429. The van der Waals surface area contributed by atoms with Gasteiger partial charge in [-0.1, -0.05) is 13.1 Å². The van der Waals surface area contributed by atoms with Gasteiger partial charge in [-0.05, 0) is 0 Å². The lowest BCUT2D eigenvalue weighted by atomic mass is 10.6. The maximum absolute atomic E-state index is 11.2. The van der Waals surface area contributed by atoms with Gasteiger partial charge in [-0.3, -0.25) is 4.79 Å². The zero-order chi connectivity index (χ0) is 9.19. The Balaban J connectivity index is 2.91. The summed E-state index contributed by atoms with van der Waals surface area (Å²) < 4.78 is 1.55. The van der Waals surface area contributed by atoms with Crippen molar-refractivity contribution in [1.29, 1.82) is 0 Å². The lowest BCUT2D eigenvalue weighted by molar-refractivity contribution is 0.783. The van der Waals surface area contributed by atoms with Crippen LogP contribution in [0.2, 0.25) is 13.1 Å². The van der Waals surface area contributed by atoms with Crippen LogP contribution in [-0.4, -0.2) is 16.9 Å². The number of hydrogen-bond donors (Lipinski definition) is 0. The number of halogens is 1. The van der Waals surface area contributed by atoms with Crippen LogP contribution < -0.4 is 5.56 Å². The molecule has 0 atom stereocenters. The molecule has 12 heavy (non-hydrogen) atoms. The molecule has 1 rings (SSSR count). The minimum atomic E-state index is -1.73. The molecule has 0 spiro atoms. The van der Waals surface area contributed by atoms with Crippen molar-refractivity contribution in [3.63, 3.8) is 0 Å². The standard InChI is InChI=1S/C7H11ClN2OSi/c1-12(2,8)6-10-5-9-4-3-7(10)11/h3-5H,6H2,1-2H3. The third-order valence-electron chi connectivity index (χ3n) is 1.34. The summed E-state index contributed by atoms with van der Waals surface area (Å²) in [6, 6.07) is 1.44. The predicted molar refractivity (Wildman–Crippen MR) is 51.8 cm³/mol. The molecule has 0 aliphatic carbocycles. The molecule has 0 aliphatic rings. The van der Waals surface area contributed by atoms with Crippen molar-refractivity contribution in [2.75, 3.05) is 0 Å². The van der Waals surface area contributed by atoms with Gasteiger partial charge in [0.2, 0.25) is 0 Å². The Hall–Kier alpha value is -0.613. The third-order valence-corrected chi connectivity index (χ3v) is 2.79. The van der Waals surface area contributed by atoms with E-state index in [4.69, 9.17) is 11.1 Å². The minimum Gasteiger partial charge on any atom is -0.301 e. The summed E-state index contributed by atoms with van der Waals surface area (Å²) in [5.74, 6) is 0. The van der Waals surface area contributed by atoms with Crippen LogP contribution in [0.25, 0.3) is 0 Å². The van der Waals surface area contributed by atoms with Gasteiger partial charge >= 0.3 is 0 Å². The fourth-order valence-corrected chi connectivity index (χ4v) is 2.34. The van der Waals surface area contributed by atoms with Crippen LogP contribution in [0.5, 0.6) is 0 Å². The molecule has 0 unspecified atom stereocenters. The van der Waals surface area contributed by atoms with Gasteiger partial charge < -0.3 is 4.57 Å². The molecule has 0 amide bonds. The first-order chi connectivity index (χ1) is 5.49. The maximum Gasteiger partial charge on any atom is 0.252 e. The van der Waals surface area contributed by atoms with E-state index < -0.39 is 7.38 Å². The molecule has 0 saturated heterocycles. The highest BCUT2D eigenvalue weighted by atomic mass is 35.6. The second-order valence-electron chi connectivity index (χ2n) is 3.27. The van der Waals surface area contributed by atoms with E-state index in [2.05, 4.69) is 4.98 Å². The quantitative estimate of drug-likeness (QED) is 0.534. The third kappa shape index (κ3) is 2.79. The Bertz CT molecular complexity index is 318. The first-order valence-corrected chi connectivity index (χ1v) is 7.90. The van der Waals surface area contributed by atoms with Gasteiger partial charge in [0.1, 0.15) is 0 Å². The van der Waals surface area contributed by atoms with E-state index in [0.29, 0.717) is 6.17 Å². The molecule has 0 N–H and O–H groups in total. The van der Waals surface area contributed by atoms with Crippen LogP contribution in [0.15, 0.2) is 23.4 Å². The average Bonchev–Trinajstić information content (AvgIpc) is 1.91. The molecule has 5 heteroatoms. The van der Waals surface area contributed by atoms with Crippen LogP contribution in [0.3, 0.4) is 0 Å². The molecule has 0 radical (unpaired) electrons. The van der Waals surface area contributed by atoms with Crippen LogP contribution in [0.1, 0.15) is 0 Å². The highest BCUT2D eigenvalue weighted by molar-refractivity contribution is 7.18. The number of nitrogens with zero attached hydrogens (tertiary/aromatic N) is 2. The minimum absolute atomic E-state index is 0.0359. The van der Waals surface area contributed by atoms with E-state index in [-0.39, 0.29) is 5.56 Å². The predicted octanol–water partition coefficient (Wildman–Crippen LogP) is 1.23. The van der Waals surface area contributed by atoms with Crippen molar-refractivity contribution in [1.82, 2.24) is 9.55 Å². The molecule has 0 saturated carbocycles. The van der Waals surface area contributed by atoms with Crippen LogP contribution >= 0.6 is 11.1 Å². The molecular formula is C7H11ClN2OSi. The van der Waals surface area contributed by atoms with E-state index >= 15 is 0 Å². The second-order valence-corrected chi connectivity index (χ2v) is 10.1. The zero-order valence-electron chi connectivity index (χ0n) is 7.12. The molecule has 1 aromatic rings. The monoisotopic (exact) mass is 202 g/mol. The summed E-state index contributed by atoms with van der Waals surface area (Å²) >= 11 is 6.09. The van der Waals surface area contributed by atoms with E-state index in [1.807, 2.05) is 13.1 Å². The Morgan fingerprint density at radius 3 is 2.83 bits per heavy atom. The summed E-state index contributed by atoms with van der Waals surface area (Å²) in [6.07, 6.45) is 3.63. The highest BCUT2D eigenvalue weighted by Gasteiger charge is 2.17. The van der Waals surface area contributed by atoms with Crippen molar-refractivity contribution < 1.29 is 0 Å². The summed E-state index contributed by atoms with van der Waals surface area (Å²) in [4.78, 5) is 15.0. The van der Waals surface area contributed by atoms with Gasteiger partial charge in [0.25, 0.3) is 5.56 Å². The first-order valence-electron chi connectivity index (χ1n) is 3.68. The van der Waals surface area contributed by atoms with Crippen LogP contribution in [0, 0.1) is 0 Å². The average molecular weight is 203 g/mol. The van der Waals surface area contributed by atoms with Crippen molar-refractivity contribution in [2.45, 2.75) is 19.3 Å². The molecule has 1 heterocycles. The van der Waals surface area contributed by atoms with E-state index in [0.717, 1.165) is 0 Å². The van der Waals surface area contributed by atoms with E-state index in [1.54, 1.807) is 4.57 Å².